The first kappa shape index (κ1) is 20.4. The van der Waals surface area contributed by atoms with E-state index < -0.39 is 0 Å². The first-order valence-electron chi connectivity index (χ1n) is 10.2. The molecule has 0 radical (unpaired) electrons. The van der Waals surface area contributed by atoms with Crippen LogP contribution < -0.4 is 0 Å². The second-order valence-electron chi connectivity index (χ2n) is 7.31. The number of benzene rings is 3. The van der Waals surface area contributed by atoms with Crippen LogP contribution in [0, 0.1) is 6.92 Å². The number of rotatable bonds is 7. The van der Waals surface area contributed by atoms with Gasteiger partial charge >= 0.3 is 0 Å². The Morgan fingerprint density at radius 3 is 2.37 bits per heavy atom. The predicted molar refractivity (Wildman–Crippen MR) is 122 cm³/mol. The fourth-order valence-corrected chi connectivity index (χ4v) is 4.15. The van der Waals surface area contributed by atoms with Crippen LogP contribution in [0.3, 0.4) is 0 Å². The molecule has 0 aliphatic heterocycles. The molecular formula is C26H24ClNO2. The van der Waals surface area contributed by atoms with Crippen LogP contribution in [-0.2, 0) is 11.3 Å². The molecule has 4 rings (SSSR count). The Bertz CT molecular complexity index is 1180. The standard InChI is InChI=1S/C26H24ClNO2/c1-3-24(30-17-20-13-7-9-15-22(20)27)28-18(2)25(21-14-8-10-16-23(21)28)26(29)19-11-5-4-6-12-19/h4-16,24H,3,17H2,1-2H3. The lowest BCUT2D eigenvalue weighted by Gasteiger charge is -2.22. The number of hydrogen-bond donors (Lipinski definition) is 0. The molecule has 1 aromatic heterocycles. The first-order valence-corrected chi connectivity index (χ1v) is 10.5. The van der Waals surface area contributed by atoms with E-state index in [9.17, 15) is 4.79 Å². The van der Waals surface area contributed by atoms with E-state index >= 15 is 0 Å². The fourth-order valence-electron chi connectivity index (χ4n) is 3.96. The topological polar surface area (TPSA) is 31.2 Å². The van der Waals surface area contributed by atoms with Gasteiger partial charge in [0.25, 0.3) is 0 Å². The number of aromatic nitrogens is 1. The molecule has 152 valence electrons. The summed E-state index contributed by atoms with van der Waals surface area (Å²) in [5.41, 5.74) is 4.29. The summed E-state index contributed by atoms with van der Waals surface area (Å²) in [6.45, 7) is 4.49. The van der Waals surface area contributed by atoms with Gasteiger partial charge in [0.05, 0.1) is 17.7 Å². The van der Waals surface area contributed by atoms with E-state index in [4.69, 9.17) is 16.3 Å². The number of hydrogen-bond acceptors (Lipinski definition) is 2. The first-order chi connectivity index (χ1) is 14.6. The molecular weight excluding hydrogens is 394 g/mol. The van der Waals surface area contributed by atoms with Crippen molar-refractivity contribution < 1.29 is 9.53 Å². The van der Waals surface area contributed by atoms with Crippen LogP contribution in [0.15, 0.2) is 78.9 Å². The van der Waals surface area contributed by atoms with E-state index in [-0.39, 0.29) is 12.0 Å². The molecule has 0 saturated carbocycles. The predicted octanol–water partition coefficient (Wildman–Crippen LogP) is 6.96. The van der Waals surface area contributed by atoms with Crippen molar-refractivity contribution >= 4 is 28.3 Å². The number of carbonyl (C=O) groups excluding carboxylic acids is 1. The molecule has 4 heteroatoms. The van der Waals surface area contributed by atoms with Crippen LogP contribution in [0.1, 0.15) is 46.8 Å². The molecule has 0 fully saturated rings. The van der Waals surface area contributed by atoms with Crippen molar-refractivity contribution in [3.05, 3.63) is 106 Å². The van der Waals surface area contributed by atoms with Gasteiger partial charge in [-0.15, -0.1) is 0 Å². The molecule has 0 aliphatic rings. The molecule has 0 amide bonds. The molecule has 4 aromatic rings. The quantitative estimate of drug-likeness (QED) is 0.304. The second kappa shape index (κ2) is 8.86. The molecule has 0 spiro atoms. The van der Waals surface area contributed by atoms with Gasteiger partial charge in [0.2, 0.25) is 0 Å². The lowest BCUT2D eigenvalue weighted by molar-refractivity contribution is -0.0101. The van der Waals surface area contributed by atoms with E-state index in [1.54, 1.807) is 0 Å². The van der Waals surface area contributed by atoms with Gasteiger partial charge in [-0.25, -0.2) is 0 Å². The number of ether oxygens (including phenoxy) is 1. The van der Waals surface area contributed by atoms with Crippen LogP contribution in [0.25, 0.3) is 10.9 Å². The Kier molecular flexibility index (Phi) is 6.03. The maximum atomic E-state index is 13.4. The Morgan fingerprint density at radius 1 is 0.967 bits per heavy atom. The summed E-state index contributed by atoms with van der Waals surface area (Å²) < 4.78 is 8.44. The number of carbonyl (C=O) groups is 1. The van der Waals surface area contributed by atoms with Gasteiger partial charge in [-0.1, -0.05) is 85.3 Å². The lowest BCUT2D eigenvalue weighted by atomic mass is 10.0. The largest absolute Gasteiger partial charge is 0.353 e. The number of fused-ring (bicyclic) bond motifs is 1. The summed E-state index contributed by atoms with van der Waals surface area (Å²) in [7, 11) is 0. The monoisotopic (exact) mass is 417 g/mol. The molecule has 0 N–H and O–H groups in total. The van der Waals surface area contributed by atoms with Crippen LogP contribution in [0.4, 0.5) is 0 Å². The number of ketones is 1. The molecule has 0 bridgehead atoms. The normalized spacial score (nSPS) is 12.2. The SMILES string of the molecule is CCC(OCc1ccccc1Cl)n1c(C)c(C(=O)c2ccccc2)c2ccccc21. The molecule has 30 heavy (non-hydrogen) atoms. The van der Waals surface area contributed by atoms with Gasteiger partial charge in [0.1, 0.15) is 6.23 Å². The molecule has 1 unspecified atom stereocenters. The van der Waals surface area contributed by atoms with Crippen LogP contribution in [-0.4, -0.2) is 10.4 Å². The molecule has 3 nitrogen and oxygen atoms in total. The van der Waals surface area contributed by atoms with Crippen LogP contribution >= 0.6 is 11.6 Å². The van der Waals surface area contributed by atoms with Crippen molar-refractivity contribution in [3.8, 4) is 0 Å². The number of para-hydroxylation sites is 1. The smallest absolute Gasteiger partial charge is 0.195 e. The minimum atomic E-state index is -0.205. The molecule has 0 saturated heterocycles. The summed E-state index contributed by atoms with van der Waals surface area (Å²) >= 11 is 6.31. The third kappa shape index (κ3) is 3.79. The highest BCUT2D eigenvalue weighted by molar-refractivity contribution is 6.31. The highest BCUT2D eigenvalue weighted by atomic mass is 35.5. The molecule has 1 atom stereocenters. The van der Waals surface area contributed by atoms with Gasteiger partial charge in [-0.3, -0.25) is 4.79 Å². The minimum absolute atomic E-state index is 0.0315. The van der Waals surface area contributed by atoms with Gasteiger partial charge in [-0.2, -0.15) is 0 Å². The fraction of sp³-hybridized carbons (Fsp3) is 0.192. The summed E-state index contributed by atoms with van der Waals surface area (Å²) in [4.78, 5) is 13.4. The van der Waals surface area contributed by atoms with Crippen molar-refractivity contribution in [3.63, 3.8) is 0 Å². The zero-order valence-electron chi connectivity index (χ0n) is 17.1. The zero-order chi connectivity index (χ0) is 21.1. The van der Waals surface area contributed by atoms with Crippen molar-refractivity contribution in [1.29, 1.82) is 0 Å². The summed E-state index contributed by atoms with van der Waals surface area (Å²) in [6.07, 6.45) is 0.562. The van der Waals surface area contributed by atoms with Crippen molar-refractivity contribution in [2.75, 3.05) is 0 Å². The summed E-state index contributed by atoms with van der Waals surface area (Å²) in [6, 6.07) is 25.2. The Balaban J connectivity index is 1.76. The Labute approximate surface area is 181 Å². The van der Waals surface area contributed by atoms with Gasteiger partial charge < -0.3 is 9.30 Å². The zero-order valence-corrected chi connectivity index (χ0v) is 17.9. The van der Waals surface area contributed by atoms with E-state index in [0.717, 1.165) is 34.1 Å². The molecule has 0 aliphatic carbocycles. The van der Waals surface area contributed by atoms with Crippen molar-refractivity contribution in [2.45, 2.75) is 33.1 Å². The van der Waals surface area contributed by atoms with E-state index in [1.165, 1.54) is 0 Å². The van der Waals surface area contributed by atoms with Gasteiger partial charge in [-0.05, 0) is 31.0 Å². The minimum Gasteiger partial charge on any atom is -0.353 e. The summed E-state index contributed by atoms with van der Waals surface area (Å²) in [5, 5.41) is 1.64. The Hall–Kier alpha value is -2.88. The van der Waals surface area contributed by atoms with E-state index in [1.807, 2.05) is 85.8 Å². The Morgan fingerprint density at radius 2 is 1.63 bits per heavy atom. The average molecular weight is 418 g/mol. The third-order valence-electron chi connectivity index (χ3n) is 5.45. The van der Waals surface area contributed by atoms with Crippen LogP contribution in [0.2, 0.25) is 5.02 Å². The third-order valence-corrected chi connectivity index (χ3v) is 5.81. The molecule has 3 aromatic carbocycles. The average Bonchev–Trinajstić information content (AvgIpc) is 3.07. The van der Waals surface area contributed by atoms with Crippen LogP contribution in [0.5, 0.6) is 0 Å². The highest BCUT2D eigenvalue weighted by Gasteiger charge is 2.24. The van der Waals surface area contributed by atoms with E-state index in [2.05, 4.69) is 11.5 Å². The number of nitrogens with zero attached hydrogens (tertiary/aromatic N) is 1. The molecule has 1 heterocycles. The van der Waals surface area contributed by atoms with Gasteiger partial charge in [0.15, 0.2) is 5.78 Å². The lowest BCUT2D eigenvalue weighted by Crippen LogP contribution is -2.14. The summed E-state index contributed by atoms with van der Waals surface area (Å²) in [5.74, 6) is 0.0315. The highest BCUT2D eigenvalue weighted by Crippen LogP contribution is 2.33. The second-order valence-corrected chi connectivity index (χ2v) is 7.72. The van der Waals surface area contributed by atoms with Crippen molar-refractivity contribution in [1.82, 2.24) is 4.57 Å². The van der Waals surface area contributed by atoms with Crippen molar-refractivity contribution in [2.24, 2.45) is 0 Å². The van der Waals surface area contributed by atoms with E-state index in [0.29, 0.717) is 17.2 Å². The maximum absolute atomic E-state index is 13.4. The van der Waals surface area contributed by atoms with Gasteiger partial charge in [0, 0.05) is 21.7 Å². The maximum Gasteiger partial charge on any atom is 0.195 e. The number of halogens is 1.